The Balaban J connectivity index is 1.65. The number of nitrogens with one attached hydrogen (secondary N) is 1. The Morgan fingerprint density at radius 3 is 3.00 bits per heavy atom. The van der Waals surface area contributed by atoms with E-state index in [0.29, 0.717) is 24.4 Å². The zero-order valence-electron chi connectivity index (χ0n) is 13.4. The molecular formula is C18H20ClN3O2. The molecule has 2 N–H and O–H groups in total. The van der Waals surface area contributed by atoms with E-state index in [4.69, 9.17) is 16.7 Å². The van der Waals surface area contributed by atoms with Gasteiger partial charge in [-0.1, -0.05) is 29.8 Å². The highest BCUT2D eigenvalue weighted by Crippen LogP contribution is 2.20. The van der Waals surface area contributed by atoms with Gasteiger partial charge in [-0.25, -0.2) is 4.68 Å². The third-order valence-electron chi connectivity index (χ3n) is 4.37. The molecule has 0 amide bonds. The van der Waals surface area contributed by atoms with Crippen LogP contribution in [0.25, 0.3) is 5.69 Å². The van der Waals surface area contributed by atoms with E-state index >= 15 is 0 Å². The van der Waals surface area contributed by atoms with Gasteiger partial charge in [0, 0.05) is 18.8 Å². The van der Waals surface area contributed by atoms with Crippen molar-refractivity contribution in [1.82, 2.24) is 15.1 Å². The molecule has 0 saturated carbocycles. The van der Waals surface area contributed by atoms with Crippen molar-refractivity contribution in [3.63, 3.8) is 0 Å². The van der Waals surface area contributed by atoms with Crippen LogP contribution in [0.5, 0.6) is 0 Å². The number of hydrogen-bond acceptors (Lipinski definition) is 3. The Morgan fingerprint density at radius 2 is 2.33 bits per heavy atom. The fourth-order valence-electron chi connectivity index (χ4n) is 2.95. The number of allylic oxidation sites excluding steroid dienone is 1. The van der Waals surface area contributed by atoms with E-state index in [-0.39, 0.29) is 12.0 Å². The highest BCUT2D eigenvalue weighted by Gasteiger charge is 2.23. The van der Waals surface area contributed by atoms with Crippen molar-refractivity contribution >= 4 is 17.6 Å². The number of aryl methyl sites for hydroxylation is 1. The summed E-state index contributed by atoms with van der Waals surface area (Å²) in [7, 11) is 0. The average Bonchev–Trinajstić information content (AvgIpc) is 3.00. The van der Waals surface area contributed by atoms with Crippen LogP contribution in [0.1, 0.15) is 24.0 Å². The number of nitrogens with zero attached hydrogens (tertiary/aromatic N) is 2. The molecule has 0 fully saturated rings. The summed E-state index contributed by atoms with van der Waals surface area (Å²) in [5.74, 6) is -1.01. The number of hydrogen-bond donors (Lipinski definition) is 2. The van der Waals surface area contributed by atoms with Crippen molar-refractivity contribution in [2.24, 2.45) is 5.92 Å². The Kier molecular flexibility index (Phi) is 5.02. The quantitative estimate of drug-likeness (QED) is 0.815. The van der Waals surface area contributed by atoms with Crippen molar-refractivity contribution in [3.8, 4) is 5.69 Å². The predicted octanol–water partition coefficient (Wildman–Crippen LogP) is 3.34. The van der Waals surface area contributed by atoms with Crippen LogP contribution >= 0.6 is 11.6 Å². The monoisotopic (exact) mass is 345 g/mol. The van der Waals surface area contributed by atoms with Gasteiger partial charge in [0.1, 0.15) is 0 Å². The fraction of sp³-hybridized carbons (Fsp3) is 0.333. The first kappa shape index (κ1) is 16.7. The molecule has 2 aromatic rings. The Labute approximate surface area is 145 Å². The summed E-state index contributed by atoms with van der Waals surface area (Å²) in [6, 6.07) is 6.24. The minimum atomic E-state index is -0.718. The van der Waals surface area contributed by atoms with E-state index in [0.717, 1.165) is 11.3 Å². The number of rotatable bonds is 5. The van der Waals surface area contributed by atoms with Crippen LogP contribution in [0, 0.1) is 12.8 Å². The zero-order valence-corrected chi connectivity index (χ0v) is 14.2. The van der Waals surface area contributed by atoms with Gasteiger partial charge in [0.25, 0.3) is 0 Å². The molecule has 24 heavy (non-hydrogen) atoms. The van der Waals surface area contributed by atoms with E-state index < -0.39 is 5.97 Å². The van der Waals surface area contributed by atoms with Gasteiger partial charge in [0.15, 0.2) is 0 Å². The third-order valence-corrected chi connectivity index (χ3v) is 4.57. The maximum absolute atomic E-state index is 11.1. The summed E-state index contributed by atoms with van der Waals surface area (Å²) >= 11 is 5.91. The Bertz CT molecular complexity index is 769. The number of halogens is 1. The molecule has 3 rings (SSSR count). The van der Waals surface area contributed by atoms with Gasteiger partial charge in [-0.05, 0) is 43.0 Å². The number of carboxylic acids is 1. The molecule has 126 valence electrons. The Morgan fingerprint density at radius 1 is 1.50 bits per heavy atom. The lowest BCUT2D eigenvalue weighted by Gasteiger charge is -2.23. The van der Waals surface area contributed by atoms with E-state index in [2.05, 4.69) is 35.5 Å². The smallest absolute Gasteiger partial charge is 0.306 e. The van der Waals surface area contributed by atoms with E-state index in [1.807, 2.05) is 12.1 Å². The molecule has 1 aliphatic rings. The first-order chi connectivity index (χ1) is 11.5. The van der Waals surface area contributed by atoms with Crippen molar-refractivity contribution in [3.05, 3.63) is 58.9 Å². The van der Waals surface area contributed by atoms with E-state index in [1.54, 1.807) is 17.1 Å². The Hall–Kier alpha value is -2.11. The summed E-state index contributed by atoms with van der Waals surface area (Å²) < 4.78 is 1.74. The second kappa shape index (κ2) is 7.20. The third kappa shape index (κ3) is 3.86. The molecule has 1 aliphatic carbocycles. The van der Waals surface area contributed by atoms with Gasteiger partial charge in [-0.2, -0.15) is 5.10 Å². The zero-order chi connectivity index (χ0) is 17.1. The van der Waals surface area contributed by atoms with Crippen LogP contribution in [-0.4, -0.2) is 26.9 Å². The molecule has 0 aliphatic heterocycles. The van der Waals surface area contributed by atoms with Crippen molar-refractivity contribution in [1.29, 1.82) is 0 Å². The lowest BCUT2D eigenvalue weighted by Crippen LogP contribution is -2.33. The average molecular weight is 346 g/mol. The summed E-state index contributed by atoms with van der Waals surface area (Å²) in [5.41, 5.74) is 3.30. The van der Waals surface area contributed by atoms with Crippen LogP contribution in [0.15, 0.2) is 42.7 Å². The maximum atomic E-state index is 11.1. The molecule has 2 atom stereocenters. The SMILES string of the molecule is Cc1cc(-n2cc(Cl)cn2)ccc1CN[C@H]1C=CC[C@H](C(=O)O)C1. The second-order valence-electron chi connectivity index (χ2n) is 6.14. The van der Waals surface area contributed by atoms with Gasteiger partial charge in [0.2, 0.25) is 0 Å². The van der Waals surface area contributed by atoms with Gasteiger partial charge in [-0.3, -0.25) is 4.79 Å². The standard InChI is InChI=1S/C18H20ClN3O2/c1-12-7-17(22-11-15(19)10-21-22)6-5-14(12)9-20-16-4-2-3-13(8-16)18(23)24/h2,4-7,10-11,13,16,20H,3,8-9H2,1H3,(H,23,24)/t13-,16-/m0/s1. The summed E-state index contributed by atoms with van der Waals surface area (Å²) in [6.45, 7) is 2.76. The van der Waals surface area contributed by atoms with Gasteiger partial charge in [0.05, 0.1) is 22.8 Å². The molecule has 5 nitrogen and oxygen atoms in total. The van der Waals surface area contributed by atoms with Gasteiger partial charge < -0.3 is 10.4 Å². The summed E-state index contributed by atoms with van der Waals surface area (Å²) in [6.07, 6.45) is 8.66. The van der Waals surface area contributed by atoms with Crippen LogP contribution in [0.3, 0.4) is 0 Å². The fourth-order valence-corrected chi connectivity index (χ4v) is 3.08. The predicted molar refractivity (Wildman–Crippen MR) is 93.4 cm³/mol. The molecule has 0 unspecified atom stereocenters. The molecule has 0 saturated heterocycles. The highest BCUT2D eigenvalue weighted by molar-refractivity contribution is 6.30. The largest absolute Gasteiger partial charge is 0.481 e. The van der Waals surface area contributed by atoms with Gasteiger partial charge >= 0.3 is 5.97 Å². The van der Waals surface area contributed by atoms with Crippen LogP contribution in [0.4, 0.5) is 0 Å². The molecule has 0 radical (unpaired) electrons. The van der Waals surface area contributed by atoms with E-state index in [1.165, 1.54) is 5.56 Å². The lowest BCUT2D eigenvalue weighted by molar-refractivity contribution is -0.142. The molecule has 0 bridgehead atoms. The van der Waals surface area contributed by atoms with Crippen LogP contribution in [-0.2, 0) is 11.3 Å². The number of aliphatic carboxylic acids is 1. The number of aromatic nitrogens is 2. The van der Waals surface area contributed by atoms with Crippen LogP contribution in [0.2, 0.25) is 5.02 Å². The van der Waals surface area contributed by atoms with Crippen molar-refractivity contribution < 1.29 is 9.90 Å². The molecule has 1 aromatic heterocycles. The molecular weight excluding hydrogens is 326 g/mol. The minimum absolute atomic E-state index is 0.101. The van der Waals surface area contributed by atoms with Gasteiger partial charge in [-0.15, -0.1) is 0 Å². The van der Waals surface area contributed by atoms with Crippen molar-refractivity contribution in [2.45, 2.75) is 32.4 Å². The summed E-state index contributed by atoms with van der Waals surface area (Å²) in [4.78, 5) is 11.1. The molecule has 0 spiro atoms. The first-order valence-corrected chi connectivity index (χ1v) is 8.33. The minimum Gasteiger partial charge on any atom is -0.481 e. The van der Waals surface area contributed by atoms with E-state index in [9.17, 15) is 4.79 Å². The molecule has 1 heterocycles. The topological polar surface area (TPSA) is 67.2 Å². The van der Waals surface area contributed by atoms with Crippen LogP contribution < -0.4 is 5.32 Å². The molecule has 1 aromatic carbocycles. The normalized spacial score (nSPS) is 20.2. The lowest BCUT2D eigenvalue weighted by atomic mass is 9.91. The maximum Gasteiger partial charge on any atom is 0.306 e. The number of carboxylic acid groups (broad SMARTS) is 1. The number of carbonyl (C=O) groups is 1. The summed E-state index contributed by atoms with van der Waals surface area (Å²) in [5, 5.41) is 17.4. The first-order valence-electron chi connectivity index (χ1n) is 7.96. The van der Waals surface area contributed by atoms with Crippen molar-refractivity contribution in [2.75, 3.05) is 0 Å². The second-order valence-corrected chi connectivity index (χ2v) is 6.57. The highest BCUT2D eigenvalue weighted by atomic mass is 35.5. The molecule has 6 heteroatoms. The number of benzene rings is 1.